The van der Waals surface area contributed by atoms with E-state index in [0.29, 0.717) is 5.56 Å². The maximum Gasteiger partial charge on any atom is 0.407 e. The Morgan fingerprint density at radius 2 is 2.00 bits per heavy atom. The molecule has 0 aliphatic heterocycles. The zero-order valence-corrected chi connectivity index (χ0v) is 7.17. The number of aryl methyl sites for hydroxylation is 1. The summed E-state index contributed by atoms with van der Waals surface area (Å²) in [6.45, 7) is 1.62. The van der Waals surface area contributed by atoms with Gasteiger partial charge in [-0.15, -0.1) is 0 Å². The summed E-state index contributed by atoms with van der Waals surface area (Å²) in [7, 11) is 0. The molecule has 1 heterocycles. The monoisotopic (exact) mass is 195 g/mol. The Kier molecular flexibility index (Phi) is 2.44. The summed E-state index contributed by atoms with van der Waals surface area (Å²) < 4.78 is 36.2. The van der Waals surface area contributed by atoms with Crippen LogP contribution in [0.2, 0.25) is 0 Å². The van der Waals surface area contributed by atoms with E-state index in [-0.39, 0.29) is 5.56 Å². The smallest absolute Gasteiger partial charge is 0.316 e. The van der Waals surface area contributed by atoms with Crippen LogP contribution in [0.3, 0.4) is 0 Å². The van der Waals surface area contributed by atoms with Gasteiger partial charge in [-0.2, -0.15) is 24.5 Å². The van der Waals surface area contributed by atoms with Crippen molar-refractivity contribution in [3.63, 3.8) is 0 Å². The van der Waals surface area contributed by atoms with Gasteiger partial charge in [-0.05, 0) is 28.8 Å². The molecule has 2 N–H and O–H groups in total. The molecule has 68 valence electrons. The Morgan fingerprint density at radius 3 is 2.33 bits per heavy atom. The van der Waals surface area contributed by atoms with Crippen LogP contribution < -0.4 is 5.73 Å². The highest BCUT2D eigenvalue weighted by Crippen LogP contribution is 2.33. The van der Waals surface area contributed by atoms with Gasteiger partial charge in [0.2, 0.25) is 0 Å². The molecule has 0 aliphatic carbocycles. The van der Waals surface area contributed by atoms with Crippen molar-refractivity contribution in [3.8, 4) is 0 Å². The Hall–Kier alpha value is -0.550. The van der Waals surface area contributed by atoms with Crippen molar-refractivity contribution in [2.75, 3.05) is 0 Å². The molecule has 0 fully saturated rings. The van der Waals surface area contributed by atoms with Crippen LogP contribution in [0.1, 0.15) is 17.2 Å². The fourth-order valence-corrected chi connectivity index (χ4v) is 1.75. The van der Waals surface area contributed by atoms with Gasteiger partial charge >= 0.3 is 6.18 Å². The second-order valence-corrected chi connectivity index (χ2v) is 3.27. The van der Waals surface area contributed by atoms with E-state index >= 15 is 0 Å². The third kappa shape index (κ3) is 1.78. The molecular weight excluding hydrogens is 187 g/mol. The Labute approximate surface area is 72.0 Å². The maximum atomic E-state index is 12.1. The van der Waals surface area contributed by atoms with Crippen molar-refractivity contribution in [2.45, 2.75) is 19.1 Å². The third-order valence-electron chi connectivity index (χ3n) is 1.58. The highest BCUT2D eigenvalue weighted by Gasteiger charge is 2.38. The molecule has 0 spiro atoms. The zero-order chi connectivity index (χ0) is 9.35. The van der Waals surface area contributed by atoms with E-state index in [9.17, 15) is 13.2 Å². The molecule has 5 heteroatoms. The van der Waals surface area contributed by atoms with Gasteiger partial charge in [0.05, 0.1) is 0 Å². The highest BCUT2D eigenvalue weighted by molar-refractivity contribution is 7.08. The number of halogens is 3. The van der Waals surface area contributed by atoms with E-state index < -0.39 is 12.2 Å². The standard InChI is InChI=1S/C7H8F3NS/c1-4-2-12-3-5(4)6(11)7(8,9)10/h2-3,6H,11H2,1H3. The number of hydrogen-bond donors (Lipinski definition) is 1. The molecule has 0 bridgehead atoms. The molecule has 1 aromatic rings. The SMILES string of the molecule is Cc1cscc1C(N)C(F)(F)F. The van der Waals surface area contributed by atoms with Crippen molar-refractivity contribution < 1.29 is 13.2 Å². The first-order chi connectivity index (χ1) is 5.43. The van der Waals surface area contributed by atoms with E-state index in [1.54, 1.807) is 12.3 Å². The highest BCUT2D eigenvalue weighted by atomic mass is 32.1. The summed E-state index contributed by atoms with van der Waals surface area (Å²) in [5, 5.41) is 3.09. The van der Waals surface area contributed by atoms with Crippen molar-refractivity contribution in [3.05, 3.63) is 21.9 Å². The first-order valence-electron chi connectivity index (χ1n) is 3.28. The molecule has 1 aromatic heterocycles. The van der Waals surface area contributed by atoms with Crippen LogP contribution in [-0.2, 0) is 0 Å². The largest absolute Gasteiger partial charge is 0.407 e. The van der Waals surface area contributed by atoms with E-state index in [2.05, 4.69) is 0 Å². The molecule has 0 aromatic carbocycles. The van der Waals surface area contributed by atoms with Crippen molar-refractivity contribution in [1.82, 2.24) is 0 Å². The number of nitrogens with two attached hydrogens (primary N) is 1. The second kappa shape index (κ2) is 3.06. The minimum atomic E-state index is -4.34. The lowest BCUT2D eigenvalue weighted by atomic mass is 10.1. The van der Waals surface area contributed by atoms with E-state index in [1.807, 2.05) is 0 Å². The van der Waals surface area contributed by atoms with Gasteiger partial charge in [0, 0.05) is 0 Å². The van der Waals surface area contributed by atoms with Gasteiger partial charge < -0.3 is 5.73 Å². The topological polar surface area (TPSA) is 26.0 Å². The first kappa shape index (κ1) is 9.54. The van der Waals surface area contributed by atoms with Crippen LogP contribution in [-0.4, -0.2) is 6.18 Å². The van der Waals surface area contributed by atoms with Gasteiger partial charge in [-0.1, -0.05) is 0 Å². The van der Waals surface area contributed by atoms with Crippen LogP contribution in [0.5, 0.6) is 0 Å². The van der Waals surface area contributed by atoms with Crippen LogP contribution in [0.4, 0.5) is 13.2 Å². The van der Waals surface area contributed by atoms with Crippen LogP contribution in [0.25, 0.3) is 0 Å². The molecular formula is C7H8F3NS. The quantitative estimate of drug-likeness (QED) is 0.732. The Morgan fingerprint density at radius 1 is 1.42 bits per heavy atom. The van der Waals surface area contributed by atoms with Crippen molar-refractivity contribution >= 4 is 11.3 Å². The molecule has 1 atom stereocenters. The average molecular weight is 195 g/mol. The van der Waals surface area contributed by atoms with Gasteiger partial charge in [0.25, 0.3) is 0 Å². The van der Waals surface area contributed by atoms with Crippen LogP contribution in [0, 0.1) is 6.92 Å². The van der Waals surface area contributed by atoms with E-state index in [1.165, 1.54) is 16.7 Å². The predicted octanol–water partition coefficient (Wildman–Crippen LogP) is 2.62. The van der Waals surface area contributed by atoms with E-state index in [4.69, 9.17) is 5.73 Å². The zero-order valence-electron chi connectivity index (χ0n) is 6.35. The van der Waals surface area contributed by atoms with Gasteiger partial charge in [-0.3, -0.25) is 0 Å². The molecule has 1 unspecified atom stereocenters. The number of hydrogen-bond acceptors (Lipinski definition) is 2. The summed E-state index contributed by atoms with van der Waals surface area (Å²) in [5.74, 6) is 0. The summed E-state index contributed by atoms with van der Waals surface area (Å²) in [5.41, 5.74) is 5.77. The Balaban J connectivity index is 2.92. The number of rotatable bonds is 1. The lowest BCUT2D eigenvalue weighted by molar-refractivity contribution is -0.149. The molecule has 12 heavy (non-hydrogen) atoms. The summed E-state index contributed by atoms with van der Waals surface area (Å²) in [6.07, 6.45) is -4.34. The molecule has 0 saturated heterocycles. The summed E-state index contributed by atoms with van der Waals surface area (Å²) >= 11 is 1.23. The van der Waals surface area contributed by atoms with Gasteiger partial charge in [0.1, 0.15) is 6.04 Å². The second-order valence-electron chi connectivity index (χ2n) is 2.53. The molecule has 0 saturated carbocycles. The number of thiophene rings is 1. The molecule has 0 amide bonds. The lowest BCUT2D eigenvalue weighted by Gasteiger charge is -2.14. The molecule has 0 radical (unpaired) electrons. The summed E-state index contributed by atoms with van der Waals surface area (Å²) in [6, 6.07) is -1.84. The lowest BCUT2D eigenvalue weighted by Crippen LogP contribution is -2.28. The first-order valence-corrected chi connectivity index (χ1v) is 4.22. The molecule has 1 rings (SSSR count). The van der Waals surface area contributed by atoms with Gasteiger partial charge in [-0.25, -0.2) is 0 Å². The Bertz CT molecular complexity index is 266. The summed E-state index contributed by atoms with van der Waals surface area (Å²) in [4.78, 5) is 0. The third-order valence-corrected chi connectivity index (χ3v) is 2.46. The fraction of sp³-hybridized carbons (Fsp3) is 0.429. The van der Waals surface area contributed by atoms with Crippen molar-refractivity contribution in [1.29, 1.82) is 0 Å². The minimum absolute atomic E-state index is 0.174. The van der Waals surface area contributed by atoms with E-state index in [0.717, 1.165) is 0 Å². The molecule has 1 nitrogen and oxygen atoms in total. The average Bonchev–Trinajstić information content (AvgIpc) is 2.31. The van der Waals surface area contributed by atoms with Crippen LogP contribution >= 0.6 is 11.3 Å². The normalized spacial score (nSPS) is 14.8. The van der Waals surface area contributed by atoms with Gasteiger partial charge in [0.15, 0.2) is 0 Å². The van der Waals surface area contributed by atoms with Crippen molar-refractivity contribution in [2.24, 2.45) is 5.73 Å². The predicted molar refractivity (Wildman–Crippen MR) is 42.0 cm³/mol. The van der Waals surface area contributed by atoms with Crippen LogP contribution in [0.15, 0.2) is 10.8 Å². The fourth-order valence-electron chi connectivity index (χ4n) is 0.865. The maximum absolute atomic E-state index is 12.1. The molecule has 0 aliphatic rings. The number of alkyl halides is 3. The minimum Gasteiger partial charge on any atom is -0.316 e.